The van der Waals surface area contributed by atoms with Crippen molar-refractivity contribution in [1.82, 2.24) is 10.6 Å². The molecule has 1 heterocycles. The molecule has 18 heavy (non-hydrogen) atoms. The van der Waals surface area contributed by atoms with Gasteiger partial charge >= 0.3 is 0 Å². The predicted molar refractivity (Wildman–Crippen MR) is 76.8 cm³/mol. The minimum atomic E-state index is 0.449. The van der Waals surface area contributed by atoms with Crippen LogP contribution in [0.25, 0.3) is 0 Å². The van der Waals surface area contributed by atoms with Gasteiger partial charge in [-0.25, -0.2) is 0 Å². The molecule has 3 aliphatic rings. The van der Waals surface area contributed by atoms with Crippen molar-refractivity contribution in [1.29, 1.82) is 0 Å². The molecule has 3 unspecified atom stereocenters. The largest absolute Gasteiger partial charge is 0.310 e. The Morgan fingerprint density at radius 2 is 1.78 bits per heavy atom. The van der Waals surface area contributed by atoms with Crippen molar-refractivity contribution in [3.63, 3.8) is 0 Å². The molecule has 0 radical (unpaired) electrons. The summed E-state index contributed by atoms with van der Waals surface area (Å²) in [4.78, 5) is 0. The van der Waals surface area contributed by atoms with Crippen LogP contribution >= 0.6 is 0 Å². The van der Waals surface area contributed by atoms with E-state index in [1.807, 2.05) is 0 Å². The van der Waals surface area contributed by atoms with E-state index in [2.05, 4.69) is 17.6 Å². The molecule has 3 fully saturated rings. The Kier molecular flexibility index (Phi) is 3.95. The third-order valence-electron chi connectivity index (χ3n) is 5.73. The van der Waals surface area contributed by atoms with Gasteiger partial charge < -0.3 is 10.6 Å². The fourth-order valence-corrected chi connectivity index (χ4v) is 4.44. The first-order valence-electron chi connectivity index (χ1n) is 8.26. The molecule has 2 aliphatic carbocycles. The smallest absolute Gasteiger partial charge is 0.0195 e. The highest BCUT2D eigenvalue weighted by Gasteiger charge is 2.33. The number of fused-ring (bicyclic) bond motifs is 1. The summed E-state index contributed by atoms with van der Waals surface area (Å²) in [5, 5.41) is 7.79. The summed E-state index contributed by atoms with van der Waals surface area (Å²) in [5.74, 6) is 0.997. The zero-order valence-electron chi connectivity index (χ0n) is 12.0. The number of rotatable bonds is 3. The van der Waals surface area contributed by atoms with Gasteiger partial charge in [0.2, 0.25) is 0 Å². The van der Waals surface area contributed by atoms with E-state index in [0.717, 1.165) is 18.0 Å². The molecule has 2 saturated carbocycles. The van der Waals surface area contributed by atoms with Crippen LogP contribution in [0.4, 0.5) is 0 Å². The van der Waals surface area contributed by atoms with E-state index in [1.165, 1.54) is 70.8 Å². The van der Waals surface area contributed by atoms with E-state index in [1.54, 1.807) is 0 Å². The molecule has 2 N–H and O–H groups in total. The summed E-state index contributed by atoms with van der Waals surface area (Å²) in [6.45, 7) is 3.62. The summed E-state index contributed by atoms with van der Waals surface area (Å²) in [7, 11) is 0. The average molecular weight is 250 g/mol. The van der Waals surface area contributed by atoms with Gasteiger partial charge in [-0.15, -0.1) is 0 Å². The first-order valence-corrected chi connectivity index (χ1v) is 8.26. The molecule has 0 aromatic rings. The highest BCUT2D eigenvalue weighted by atomic mass is 15.1. The van der Waals surface area contributed by atoms with Gasteiger partial charge in [-0.3, -0.25) is 0 Å². The highest BCUT2D eigenvalue weighted by molar-refractivity contribution is 4.93. The number of hydrogen-bond donors (Lipinski definition) is 2. The van der Waals surface area contributed by atoms with Crippen molar-refractivity contribution in [2.75, 3.05) is 6.54 Å². The molecule has 3 atom stereocenters. The Morgan fingerprint density at radius 3 is 2.61 bits per heavy atom. The van der Waals surface area contributed by atoms with Gasteiger partial charge in [0.15, 0.2) is 0 Å². The second-order valence-corrected chi connectivity index (χ2v) is 7.24. The van der Waals surface area contributed by atoms with Crippen LogP contribution in [0.2, 0.25) is 0 Å². The van der Waals surface area contributed by atoms with Gasteiger partial charge in [0.05, 0.1) is 0 Å². The van der Waals surface area contributed by atoms with Crippen molar-refractivity contribution in [2.24, 2.45) is 5.92 Å². The van der Waals surface area contributed by atoms with Crippen LogP contribution in [-0.2, 0) is 0 Å². The topological polar surface area (TPSA) is 24.1 Å². The molecule has 0 bridgehead atoms. The summed E-state index contributed by atoms with van der Waals surface area (Å²) >= 11 is 0. The minimum Gasteiger partial charge on any atom is -0.310 e. The van der Waals surface area contributed by atoms with Crippen LogP contribution in [0.15, 0.2) is 0 Å². The van der Waals surface area contributed by atoms with Gasteiger partial charge in [0.25, 0.3) is 0 Å². The molecule has 0 aromatic carbocycles. The second kappa shape index (κ2) is 5.50. The Bertz CT molecular complexity index is 270. The maximum Gasteiger partial charge on any atom is 0.0195 e. The fraction of sp³-hybridized carbons (Fsp3) is 1.00. The molecule has 3 rings (SSSR count). The predicted octanol–water partition coefficient (Wildman–Crippen LogP) is 3.22. The highest BCUT2D eigenvalue weighted by Crippen LogP contribution is 2.33. The number of nitrogens with one attached hydrogen (secondary N) is 2. The molecule has 0 spiro atoms. The van der Waals surface area contributed by atoms with Crippen LogP contribution in [0.5, 0.6) is 0 Å². The lowest BCUT2D eigenvalue weighted by Crippen LogP contribution is -2.54. The minimum absolute atomic E-state index is 0.449. The lowest BCUT2D eigenvalue weighted by atomic mass is 9.77. The molecule has 2 heteroatoms. The van der Waals surface area contributed by atoms with Crippen molar-refractivity contribution in [2.45, 2.75) is 88.8 Å². The standard InChI is InChI=1S/C16H30N2/c1-16(10-4-5-11-16)17-12-14-9-8-13-6-2-3-7-15(13)18-14/h13-15,17-18H,2-12H2,1H3. The Morgan fingerprint density at radius 1 is 1.00 bits per heavy atom. The van der Waals surface area contributed by atoms with Crippen molar-refractivity contribution in [3.05, 3.63) is 0 Å². The third-order valence-corrected chi connectivity index (χ3v) is 5.73. The zero-order valence-corrected chi connectivity index (χ0v) is 12.0. The normalized spacial score (nSPS) is 39.5. The Labute approximate surface area is 112 Å². The third kappa shape index (κ3) is 2.91. The lowest BCUT2D eigenvalue weighted by molar-refractivity contribution is 0.168. The van der Waals surface area contributed by atoms with E-state index >= 15 is 0 Å². The molecule has 0 amide bonds. The summed E-state index contributed by atoms with van der Waals surface area (Å²) in [6.07, 6.45) is 14.3. The summed E-state index contributed by atoms with van der Waals surface area (Å²) in [5.41, 5.74) is 0.449. The van der Waals surface area contributed by atoms with E-state index in [9.17, 15) is 0 Å². The first kappa shape index (κ1) is 12.9. The van der Waals surface area contributed by atoms with E-state index < -0.39 is 0 Å². The van der Waals surface area contributed by atoms with Gasteiger partial charge in [-0.2, -0.15) is 0 Å². The molecular formula is C16H30N2. The number of hydrogen-bond acceptors (Lipinski definition) is 2. The molecular weight excluding hydrogens is 220 g/mol. The molecule has 2 nitrogen and oxygen atoms in total. The van der Waals surface area contributed by atoms with E-state index in [-0.39, 0.29) is 0 Å². The number of piperidine rings is 1. The maximum atomic E-state index is 3.93. The van der Waals surface area contributed by atoms with Crippen LogP contribution in [0, 0.1) is 5.92 Å². The lowest BCUT2D eigenvalue weighted by Gasteiger charge is -2.41. The van der Waals surface area contributed by atoms with Crippen LogP contribution in [-0.4, -0.2) is 24.2 Å². The van der Waals surface area contributed by atoms with Gasteiger partial charge in [-0.05, 0) is 51.4 Å². The van der Waals surface area contributed by atoms with Crippen molar-refractivity contribution < 1.29 is 0 Å². The van der Waals surface area contributed by atoms with Crippen LogP contribution in [0.3, 0.4) is 0 Å². The summed E-state index contributed by atoms with van der Waals surface area (Å²) in [6, 6.07) is 1.58. The van der Waals surface area contributed by atoms with E-state index in [0.29, 0.717) is 5.54 Å². The van der Waals surface area contributed by atoms with E-state index in [4.69, 9.17) is 0 Å². The quantitative estimate of drug-likeness (QED) is 0.803. The second-order valence-electron chi connectivity index (χ2n) is 7.24. The fourth-order valence-electron chi connectivity index (χ4n) is 4.44. The van der Waals surface area contributed by atoms with Crippen molar-refractivity contribution >= 4 is 0 Å². The average Bonchev–Trinajstić information content (AvgIpc) is 2.84. The monoisotopic (exact) mass is 250 g/mol. The van der Waals surface area contributed by atoms with Crippen LogP contribution < -0.4 is 10.6 Å². The molecule has 1 aliphatic heterocycles. The van der Waals surface area contributed by atoms with Crippen molar-refractivity contribution in [3.8, 4) is 0 Å². The summed E-state index contributed by atoms with van der Waals surface area (Å²) < 4.78 is 0. The first-order chi connectivity index (χ1) is 8.75. The Balaban J connectivity index is 1.46. The maximum absolute atomic E-state index is 3.93. The van der Waals surface area contributed by atoms with Crippen LogP contribution in [0.1, 0.15) is 71.1 Å². The molecule has 104 valence electrons. The zero-order chi connectivity index (χ0) is 12.4. The van der Waals surface area contributed by atoms with Gasteiger partial charge in [-0.1, -0.05) is 25.7 Å². The van der Waals surface area contributed by atoms with Gasteiger partial charge in [0.1, 0.15) is 0 Å². The van der Waals surface area contributed by atoms with Gasteiger partial charge in [0, 0.05) is 24.2 Å². The Hall–Kier alpha value is -0.0800. The molecule has 1 saturated heterocycles. The molecule has 0 aromatic heterocycles. The SMILES string of the molecule is CC1(NCC2CCC3CCCCC3N2)CCCC1.